The van der Waals surface area contributed by atoms with Crippen molar-refractivity contribution in [1.82, 2.24) is 15.3 Å². The molecule has 2 N–H and O–H groups in total. The van der Waals surface area contributed by atoms with Crippen molar-refractivity contribution < 1.29 is 14.3 Å². The van der Waals surface area contributed by atoms with Crippen LogP contribution < -0.4 is 20.1 Å². The molecule has 28 heavy (non-hydrogen) atoms. The highest BCUT2D eigenvalue weighted by Gasteiger charge is 2.08. The maximum Gasteiger partial charge on any atom is 0.221 e. The number of ether oxygens (including phenoxy) is 2. The van der Waals surface area contributed by atoms with Gasteiger partial charge in [-0.3, -0.25) is 4.79 Å². The van der Waals surface area contributed by atoms with E-state index in [2.05, 4.69) is 26.7 Å². The van der Waals surface area contributed by atoms with Gasteiger partial charge in [0.2, 0.25) is 5.91 Å². The third-order valence-electron chi connectivity index (χ3n) is 4.28. The number of methoxy groups -OCH3 is 2. The van der Waals surface area contributed by atoms with E-state index in [1.165, 1.54) is 4.88 Å². The molecule has 148 valence electrons. The zero-order valence-electron chi connectivity index (χ0n) is 16.2. The molecule has 8 heteroatoms. The first-order chi connectivity index (χ1) is 13.6. The molecule has 0 aliphatic carbocycles. The van der Waals surface area contributed by atoms with Crippen LogP contribution in [0, 0.1) is 6.92 Å². The van der Waals surface area contributed by atoms with Gasteiger partial charge in [-0.15, -0.1) is 11.3 Å². The average Bonchev–Trinajstić information content (AvgIpc) is 3.09. The molecular formula is C20H24N4O3S. The molecule has 0 spiro atoms. The maximum absolute atomic E-state index is 12.1. The van der Waals surface area contributed by atoms with E-state index in [0.29, 0.717) is 31.0 Å². The molecule has 7 nitrogen and oxygen atoms in total. The van der Waals surface area contributed by atoms with Crippen molar-refractivity contribution >= 4 is 33.3 Å². The number of aromatic nitrogens is 2. The first kappa shape index (κ1) is 19.9. The number of nitrogens with zero attached hydrogens (tertiary/aromatic N) is 2. The summed E-state index contributed by atoms with van der Waals surface area (Å²) in [5.74, 6) is 2.16. The Labute approximate surface area is 168 Å². The fourth-order valence-corrected chi connectivity index (χ4v) is 3.73. The summed E-state index contributed by atoms with van der Waals surface area (Å²) in [6.45, 7) is 3.13. The lowest BCUT2D eigenvalue weighted by atomic mass is 10.1. The van der Waals surface area contributed by atoms with Gasteiger partial charge in [-0.25, -0.2) is 9.97 Å². The Hall–Kier alpha value is -2.87. The third kappa shape index (κ3) is 4.89. The molecule has 2 heterocycles. The molecule has 0 atom stereocenters. The lowest BCUT2D eigenvalue weighted by molar-refractivity contribution is -0.120. The second-order valence-corrected chi connectivity index (χ2v) is 7.50. The van der Waals surface area contributed by atoms with Crippen LogP contribution in [0.1, 0.15) is 16.9 Å². The van der Waals surface area contributed by atoms with Gasteiger partial charge in [-0.05, 0) is 37.1 Å². The van der Waals surface area contributed by atoms with E-state index in [0.717, 1.165) is 28.0 Å². The zero-order chi connectivity index (χ0) is 19.9. The highest BCUT2D eigenvalue weighted by Crippen LogP contribution is 2.28. The van der Waals surface area contributed by atoms with E-state index >= 15 is 0 Å². The number of fused-ring (bicyclic) bond motifs is 1. The van der Waals surface area contributed by atoms with Crippen LogP contribution in [-0.4, -0.2) is 43.2 Å². The first-order valence-corrected chi connectivity index (χ1v) is 9.85. The molecule has 0 saturated heterocycles. The molecular weight excluding hydrogens is 376 g/mol. The minimum atomic E-state index is -0.000208. The normalized spacial score (nSPS) is 10.7. The van der Waals surface area contributed by atoms with Crippen molar-refractivity contribution in [2.45, 2.75) is 19.8 Å². The third-order valence-corrected chi connectivity index (χ3v) is 5.24. The molecule has 0 fully saturated rings. The monoisotopic (exact) mass is 400 g/mol. The highest BCUT2D eigenvalue weighted by molar-refractivity contribution is 7.18. The van der Waals surface area contributed by atoms with E-state index in [9.17, 15) is 4.79 Å². The summed E-state index contributed by atoms with van der Waals surface area (Å²) in [6.07, 6.45) is 2.64. The van der Waals surface area contributed by atoms with Crippen LogP contribution in [0.25, 0.3) is 10.2 Å². The largest absolute Gasteiger partial charge is 0.493 e. The Morgan fingerprint density at radius 2 is 1.93 bits per heavy atom. The summed E-state index contributed by atoms with van der Waals surface area (Å²) in [6, 6.07) is 7.83. The SMILES string of the molecule is COc1ccc(CCNC(=O)CCNc2ncnc3sc(C)cc23)cc1OC. The summed E-state index contributed by atoms with van der Waals surface area (Å²) in [5.41, 5.74) is 1.08. The number of aryl methyl sites for hydroxylation is 1. The molecule has 0 saturated carbocycles. The van der Waals surface area contributed by atoms with E-state index in [4.69, 9.17) is 9.47 Å². The van der Waals surface area contributed by atoms with Gasteiger partial charge < -0.3 is 20.1 Å². The van der Waals surface area contributed by atoms with Crippen molar-refractivity contribution in [1.29, 1.82) is 0 Å². The van der Waals surface area contributed by atoms with Crippen LogP contribution in [-0.2, 0) is 11.2 Å². The van der Waals surface area contributed by atoms with Crippen LogP contribution in [0.15, 0.2) is 30.6 Å². The number of anilines is 1. The number of carbonyl (C=O) groups is 1. The number of amides is 1. The smallest absolute Gasteiger partial charge is 0.221 e. The van der Waals surface area contributed by atoms with Gasteiger partial charge in [0.15, 0.2) is 11.5 Å². The highest BCUT2D eigenvalue weighted by atomic mass is 32.1. The Bertz CT molecular complexity index is 958. The average molecular weight is 401 g/mol. The summed E-state index contributed by atoms with van der Waals surface area (Å²) in [7, 11) is 3.22. The number of hydrogen-bond donors (Lipinski definition) is 2. The molecule has 3 rings (SSSR count). The topological polar surface area (TPSA) is 85.4 Å². The fourth-order valence-electron chi connectivity index (χ4n) is 2.88. The quantitative estimate of drug-likeness (QED) is 0.574. The van der Waals surface area contributed by atoms with Crippen LogP contribution >= 0.6 is 11.3 Å². The van der Waals surface area contributed by atoms with Gasteiger partial charge in [-0.1, -0.05) is 6.07 Å². The van der Waals surface area contributed by atoms with Gasteiger partial charge in [0.1, 0.15) is 17.0 Å². The Morgan fingerprint density at radius 1 is 1.11 bits per heavy atom. The summed E-state index contributed by atoms with van der Waals surface area (Å²) >= 11 is 1.63. The fraction of sp³-hybridized carbons (Fsp3) is 0.350. The van der Waals surface area contributed by atoms with E-state index in [1.54, 1.807) is 31.9 Å². The van der Waals surface area contributed by atoms with Crippen LogP contribution in [0.2, 0.25) is 0 Å². The zero-order valence-corrected chi connectivity index (χ0v) is 17.1. The summed E-state index contributed by atoms with van der Waals surface area (Å²) in [4.78, 5) is 22.8. The van der Waals surface area contributed by atoms with Gasteiger partial charge in [0.25, 0.3) is 0 Å². The molecule has 3 aromatic rings. The molecule has 1 amide bonds. The predicted octanol–water partition coefficient (Wildman–Crippen LogP) is 3.18. The molecule has 0 bridgehead atoms. The standard InChI is InChI=1S/C20H24N4O3S/c1-13-10-15-19(23-12-24-20(15)28-13)22-9-7-18(25)21-8-6-14-4-5-16(26-2)17(11-14)27-3/h4-5,10-12H,6-9H2,1-3H3,(H,21,25)(H,22,23,24). The van der Waals surface area contributed by atoms with Crippen LogP contribution in [0.5, 0.6) is 11.5 Å². The van der Waals surface area contributed by atoms with Crippen LogP contribution in [0.4, 0.5) is 5.82 Å². The molecule has 0 radical (unpaired) electrons. The molecule has 0 unspecified atom stereocenters. The van der Waals surface area contributed by atoms with Crippen molar-refractivity contribution in [2.24, 2.45) is 0 Å². The Kier molecular flexibility index (Phi) is 6.65. The lowest BCUT2D eigenvalue weighted by Crippen LogP contribution is -2.27. The number of thiophene rings is 1. The van der Waals surface area contributed by atoms with Gasteiger partial charge in [0.05, 0.1) is 19.6 Å². The van der Waals surface area contributed by atoms with Crippen molar-refractivity contribution in [3.8, 4) is 11.5 Å². The summed E-state index contributed by atoms with van der Waals surface area (Å²) < 4.78 is 10.5. The number of carbonyl (C=O) groups excluding carboxylic acids is 1. The first-order valence-electron chi connectivity index (χ1n) is 9.03. The molecule has 0 aliphatic rings. The minimum absolute atomic E-state index is 0.000208. The van der Waals surface area contributed by atoms with Crippen molar-refractivity contribution in [2.75, 3.05) is 32.6 Å². The van der Waals surface area contributed by atoms with E-state index in [1.807, 2.05) is 25.1 Å². The van der Waals surface area contributed by atoms with E-state index in [-0.39, 0.29) is 5.91 Å². The van der Waals surface area contributed by atoms with E-state index < -0.39 is 0 Å². The number of rotatable bonds is 9. The maximum atomic E-state index is 12.1. The van der Waals surface area contributed by atoms with Crippen molar-refractivity contribution in [3.05, 3.63) is 41.0 Å². The number of benzene rings is 1. The lowest BCUT2D eigenvalue weighted by Gasteiger charge is -2.10. The predicted molar refractivity (Wildman–Crippen MR) is 112 cm³/mol. The second-order valence-electron chi connectivity index (χ2n) is 6.26. The molecule has 1 aromatic carbocycles. The van der Waals surface area contributed by atoms with Gasteiger partial charge >= 0.3 is 0 Å². The van der Waals surface area contributed by atoms with Crippen LogP contribution in [0.3, 0.4) is 0 Å². The van der Waals surface area contributed by atoms with Gasteiger partial charge in [-0.2, -0.15) is 0 Å². The second kappa shape index (κ2) is 9.36. The van der Waals surface area contributed by atoms with Gasteiger partial charge in [0, 0.05) is 24.4 Å². The molecule has 0 aliphatic heterocycles. The minimum Gasteiger partial charge on any atom is -0.493 e. The van der Waals surface area contributed by atoms with Crippen molar-refractivity contribution in [3.63, 3.8) is 0 Å². The number of hydrogen-bond acceptors (Lipinski definition) is 7. The molecule has 2 aromatic heterocycles. The Balaban J connectivity index is 1.43. The Morgan fingerprint density at radius 3 is 2.71 bits per heavy atom. The summed E-state index contributed by atoms with van der Waals surface area (Å²) in [5, 5.41) is 7.17. The number of nitrogens with one attached hydrogen (secondary N) is 2.